The highest BCUT2D eigenvalue weighted by atomic mass is 16.6. The number of nitrogens with two attached hydrogens (primary N) is 1. The number of carbonyl (C=O) groups excluding carboxylic acids is 3. The molecule has 5 rings (SSSR count). The van der Waals surface area contributed by atoms with E-state index < -0.39 is 23.4 Å². The van der Waals surface area contributed by atoms with Gasteiger partial charge in [0, 0.05) is 34.7 Å². The van der Waals surface area contributed by atoms with Crippen LogP contribution < -0.4 is 16.6 Å². The minimum Gasteiger partial charge on any atom is -0.464 e. The van der Waals surface area contributed by atoms with E-state index in [-0.39, 0.29) is 42.0 Å². The molecule has 39 heavy (non-hydrogen) atoms. The van der Waals surface area contributed by atoms with Gasteiger partial charge in [0.1, 0.15) is 12.3 Å². The van der Waals surface area contributed by atoms with Gasteiger partial charge in [-0.1, -0.05) is 13.8 Å². The van der Waals surface area contributed by atoms with Gasteiger partial charge < -0.3 is 30.2 Å². The van der Waals surface area contributed by atoms with E-state index in [1.807, 2.05) is 13.0 Å². The average molecular weight is 533 g/mol. The van der Waals surface area contributed by atoms with Crippen LogP contribution in [0.3, 0.4) is 0 Å². The summed E-state index contributed by atoms with van der Waals surface area (Å²) in [6, 6.07) is 5.28. The number of nitrogens with one attached hydrogen (secondary N) is 1. The van der Waals surface area contributed by atoms with Crippen molar-refractivity contribution in [3.8, 4) is 11.4 Å². The van der Waals surface area contributed by atoms with Gasteiger partial charge in [0.05, 0.1) is 36.1 Å². The molecule has 4 N–H and O–H groups in total. The molecule has 0 bridgehead atoms. The quantitative estimate of drug-likeness (QED) is 0.198. The number of aromatic nitrogens is 2. The number of aryl methyl sites for hydroxylation is 1. The molecular weight excluding hydrogens is 504 g/mol. The lowest BCUT2D eigenvalue weighted by Gasteiger charge is -2.31. The highest BCUT2D eigenvalue weighted by molar-refractivity contribution is 6.03. The number of nitrogen functional groups attached to an aromatic ring is 1. The lowest BCUT2D eigenvalue weighted by Crippen LogP contribution is -2.44. The van der Waals surface area contributed by atoms with Gasteiger partial charge in [0.15, 0.2) is 5.60 Å². The normalized spacial score (nSPS) is 17.8. The average Bonchev–Trinajstić information content (AvgIpc) is 3.28. The van der Waals surface area contributed by atoms with Gasteiger partial charge in [-0.05, 0) is 42.7 Å². The van der Waals surface area contributed by atoms with Gasteiger partial charge in [-0.15, -0.1) is 0 Å². The Hall–Kier alpha value is -4.51. The second-order valence-corrected chi connectivity index (χ2v) is 9.62. The fourth-order valence-electron chi connectivity index (χ4n) is 5.28. The Morgan fingerprint density at radius 2 is 2.03 bits per heavy atom. The van der Waals surface area contributed by atoms with E-state index in [0.29, 0.717) is 40.0 Å². The summed E-state index contributed by atoms with van der Waals surface area (Å²) in [4.78, 5) is 55.0. The number of hydrogen-bond donors (Lipinski definition) is 3. The number of methoxy groups -OCH3 is 1. The molecule has 0 spiro atoms. The third-order valence-corrected chi connectivity index (χ3v) is 7.34. The third kappa shape index (κ3) is 3.97. The van der Waals surface area contributed by atoms with E-state index in [4.69, 9.17) is 20.2 Å². The van der Waals surface area contributed by atoms with Gasteiger partial charge in [-0.25, -0.2) is 14.6 Å². The van der Waals surface area contributed by atoms with E-state index >= 15 is 0 Å². The predicted molar refractivity (Wildman–Crippen MR) is 142 cm³/mol. The number of esters is 2. The zero-order valence-electron chi connectivity index (χ0n) is 22.0. The van der Waals surface area contributed by atoms with Gasteiger partial charge >= 0.3 is 11.9 Å². The lowest BCUT2D eigenvalue weighted by molar-refractivity contribution is -0.172. The van der Waals surface area contributed by atoms with Crippen molar-refractivity contribution in [1.82, 2.24) is 14.9 Å². The van der Waals surface area contributed by atoms with Gasteiger partial charge in [-0.3, -0.25) is 9.59 Å². The van der Waals surface area contributed by atoms with Crippen molar-refractivity contribution in [2.24, 2.45) is 0 Å². The molecule has 202 valence electrons. The maximum atomic E-state index is 13.5. The number of carbonyl (C=O) groups is 3. The number of cyclic esters (lactones) is 1. The summed E-state index contributed by atoms with van der Waals surface area (Å²) >= 11 is 0. The highest BCUT2D eigenvalue weighted by Gasteiger charge is 2.45. The molecule has 4 heterocycles. The highest BCUT2D eigenvalue weighted by Crippen LogP contribution is 2.40. The first-order chi connectivity index (χ1) is 18.5. The van der Waals surface area contributed by atoms with Crippen LogP contribution in [0.5, 0.6) is 0 Å². The summed E-state index contributed by atoms with van der Waals surface area (Å²) in [6.45, 7) is 4.87. The van der Waals surface area contributed by atoms with Crippen molar-refractivity contribution in [3.05, 3.63) is 62.1 Å². The second-order valence-electron chi connectivity index (χ2n) is 9.62. The summed E-state index contributed by atoms with van der Waals surface area (Å²) in [5, 5.41) is 14.2. The van der Waals surface area contributed by atoms with Crippen LogP contribution in [0, 0.1) is 0 Å². The lowest BCUT2D eigenvalue weighted by atomic mass is 9.86. The molecule has 0 aliphatic carbocycles. The van der Waals surface area contributed by atoms with Crippen LogP contribution >= 0.6 is 0 Å². The summed E-state index contributed by atoms with van der Waals surface area (Å²) in [7, 11) is 1.21. The molecule has 11 nitrogen and oxygen atoms in total. The number of fused-ring (bicyclic) bond motifs is 5. The van der Waals surface area contributed by atoms with Crippen molar-refractivity contribution in [2.45, 2.75) is 52.4 Å². The minimum atomic E-state index is -1.92. The topological polar surface area (TPSA) is 163 Å². The van der Waals surface area contributed by atoms with Crippen LogP contribution in [0.25, 0.3) is 28.4 Å². The van der Waals surface area contributed by atoms with Crippen LogP contribution in [-0.4, -0.2) is 39.6 Å². The molecule has 0 radical (unpaired) electrons. The maximum Gasteiger partial charge on any atom is 0.354 e. The Bertz CT molecular complexity index is 1690. The summed E-state index contributed by atoms with van der Waals surface area (Å²) < 4.78 is 11.5. The molecule has 0 saturated carbocycles. The summed E-state index contributed by atoms with van der Waals surface area (Å²) in [5.74, 6) is -1.98. The maximum absolute atomic E-state index is 13.5. The van der Waals surface area contributed by atoms with Crippen molar-refractivity contribution in [2.75, 3.05) is 12.8 Å². The van der Waals surface area contributed by atoms with Crippen LogP contribution in [0.15, 0.2) is 28.7 Å². The fraction of sp³-hybridized carbons (Fsp3) is 0.321. The molecule has 2 aliphatic heterocycles. The largest absolute Gasteiger partial charge is 0.464 e. The first-order valence-corrected chi connectivity index (χ1v) is 12.5. The zero-order chi connectivity index (χ0) is 28.2. The number of hydrogen-bond acceptors (Lipinski definition) is 9. The van der Waals surface area contributed by atoms with Gasteiger partial charge in [0.2, 0.25) is 5.91 Å². The molecule has 1 atom stereocenters. The van der Waals surface area contributed by atoms with E-state index in [2.05, 4.69) is 5.32 Å². The van der Waals surface area contributed by atoms with Crippen molar-refractivity contribution in [1.29, 1.82) is 0 Å². The number of aliphatic hydroxyl groups is 1. The van der Waals surface area contributed by atoms with Gasteiger partial charge in [0.25, 0.3) is 5.56 Å². The number of pyridine rings is 2. The smallest absolute Gasteiger partial charge is 0.354 e. The van der Waals surface area contributed by atoms with Crippen molar-refractivity contribution in [3.63, 3.8) is 0 Å². The second kappa shape index (κ2) is 9.35. The molecule has 2 aromatic heterocycles. The first-order valence-electron chi connectivity index (χ1n) is 12.5. The van der Waals surface area contributed by atoms with Crippen LogP contribution in [0.2, 0.25) is 0 Å². The molecule has 0 unspecified atom stereocenters. The number of anilines is 1. The molecule has 11 heteroatoms. The molecule has 0 saturated heterocycles. The van der Waals surface area contributed by atoms with Crippen molar-refractivity contribution >= 4 is 40.5 Å². The number of ether oxygens (including phenoxy) is 2. The SMILES string of the molecule is CCc1cc(N)c(/C=C(\NC(C)=O)C(=O)OC)c2cc3c(nc12)-c1cc2c(c(=O)n1C3)COC(=O)[C@]2(O)CC. The fourth-order valence-corrected chi connectivity index (χ4v) is 5.28. The Morgan fingerprint density at radius 3 is 2.67 bits per heavy atom. The summed E-state index contributed by atoms with van der Waals surface area (Å²) in [6.07, 6.45) is 2.10. The third-order valence-electron chi connectivity index (χ3n) is 7.34. The number of nitrogens with zero attached hydrogens (tertiary/aromatic N) is 2. The van der Waals surface area contributed by atoms with E-state index in [0.717, 1.165) is 11.1 Å². The zero-order valence-corrected chi connectivity index (χ0v) is 22.0. The number of amides is 1. The molecule has 1 aromatic carbocycles. The van der Waals surface area contributed by atoms with Crippen molar-refractivity contribution < 1.29 is 29.0 Å². The summed E-state index contributed by atoms with van der Waals surface area (Å²) in [5.41, 5.74) is 8.56. The molecule has 3 aromatic rings. The minimum absolute atomic E-state index is 0.0471. The number of rotatable bonds is 5. The molecule has 0 fully saturated rings. The van der Waals surface area contributed by atoms with E-state index in [1.165, 1.54) is 20.1 Å². The monoisotopic (exact) mass is 532 g/mol. The van der Waals surface area contributed by atoms with E-state index in [1.54, 1.807) is 23.6 Å². The first kappa shape index (κ1) is 26.1. The molecule has 2 aliphatic rings. The van der Waals surface area contributed by atoms with Crippen LogP contribution in [-0.2, 0) is 49.0 Å². The standard InChI is InChI=1S/C28H28N4O7/c1-5-14-8-20(29)16(9-21(26(35)38-4)30-13(3)33)17-7-15-11-32-22(24(15)31-23(14)17)10-19-18(25(32)34)12-39-27(36)28(19,37)6-2/h7-10,37H,5-6,11-12,29H2,1-4H3,(H,30,33)/b21-9-/t28-/m0/s1. The van der Waals surface area contributed by atoms with Crippen LogP contribution in [0.1, 0.15) is 55.0 Å². The molecular formula is C28H28N4O7. The Morgan fingerprint density at radius 1 is 1.28 bits per heavy atom. The Kier molecular flexibility index (Phi) is 6.26. The van der Waals surface area contributed by atoms with Crippen LogP contribution in [0.4, 0.5) is 5.69 Å². The molecule has 1 amide bonds. The number of benzene rings is 1. The van der Waals surface area contributed by atoms with Gasteiger partial charge in [-0.2, -0.15) is 0 Å². The Balaban J connectivity index is 1.77. The Labute approximate surface area is 223 Å². The van der Waals surface area contributed by atoms with E-state index in [9.17, 15) is 24.3 Å². The predicted octanol–water partition coefficient (Wildman–Crippen LogP) is 1.87.